The molecule has 0 radical (unpaired) electrons. The molecule has 1 aromatic rings. The van der Waals surface area contributed by atoms with Crippen LogP contribution in [0.1, 0.15) is 31.7 Å². The Morgan fingerprint density at radius 1 is 1.37 bits per heavy atom. The summed E-state index contributed by atoms with van der Waals surface area (Å²) in [6, 6.07) is -0.975. The standard InChI is InChI=1S/C20H27FN4O5/c1-30-17-15-12(18(28)23-19(29)25(15)9-2-3-9)14(22)13(21)16(17)24-6-10(11(27)7-26)20(8-24)4-5-20/h9-11,13,16,26-27H,2-8,22H2,1H3,(H,23,28,29). The maximum absolute atomic E-state index is 15.7. The molecule has 9 nitrogen and oxygen atoms in total. The minimum Gasteiger partial charge on any atom is -0.497 e. The fraction of sp³-hybridized carbons (Fsp3) is 0.700. The van der Waals surface area contributed by atoms with Gasteiger partial charge in [0.1, 0.15) is 11.8 Å². The zero-order valence-corrected chi connectivity index (χ0v) is 16.8. The third-order valence-corrected chi connectivity index (χ3v) is 7.31. The van der Waals surface area contributed by atoms with Crippen LogP contribution in [-0.2, 0) is 4.74 Å². The van der Waals surface area contributed by atoms with Gasteiger partial charge >= 0.3 is 5.69 Å². The van der Waals surface area contributed by atoms with E-state index in [9.17, 15) is 19.8 Å². The van der Waals surface area contributed by atoms with E-state index in [0.29, 0.717) is 13.1 Å². The molecule has 1 aliphatic heterocycles. The summed E-state index contributed by atoms with van der Waals surface area (Å²) in [6.45, 7) is 0.559. The van der Waals surface area contributed by atoms with Crippen molar-refractivity contribution in [2.24, 2.45) is 17.1 Å². The number of aliphatic hydroxyl groups is 2. The number of aromatic amines is 1. The van der Waals surface area contributed by atoms with Crippen LogP contribution in [0.15, 0.2) is 9.59 Å². The molecule has 164 valence electrons. The van der Waals surface area contributed by atoms with Crippen LogP contribution in [-0.4, -0.2) is 69.8 Å². The molecular formula is C20H27FN4O5. The Bertz CT molecular complexity index is 1120. The van der Waals surface area contributed by atoms with Crippen LogP contribution in [0.2, 0.25) is 0 Å². The van der Waals surface area contributed by atoms with Crippen molar-refractivity contribution in [3.05, 3.63) is 31.4 Å². The molecule has 0 bridgehead atoms. The lowest BCUT2D eigenvalue weighted by molar-refractivity contribution is 0.0302. The lowest BCUT2D eigenvalue weighted by atomic mass is 9.88. The van der Waals surface area contributed by atoms with E-state index in [1.807, 2.05) is 4.90 Å². The van der Waals surface area contributed by atoms with E-state index >= 15 is 4.39 Å². The predicted octanol–water partition coefficient (Wildman–Crippen LogP) is -2.52. The fourth-order valence-corrected chi connectivity index (χ4v) is 5.48. The first kappa shape index (κ1) is 19.8. The number of nitrogens with one attached hydrogen (secondary N) is 1. The molecule has 0 aromatic carbocycles. The van der Waals surface area contributed by atoms with Gasteiger partial charge in [-0.3, -0.25) is 19.2 Å². The average molecular weight is 422 g/mol. The van der Waals surface area contributed by atoms with Gasteiger partial charge in [0.05, 0.1) is 36.1 Å². The number of aromatic nitrogens is 2. The molecular weight excluding hydrogens is 395 g/mol. The predicted molar refractivity (Wildman–Crippen MR) is 105 cm³/mol. The minimum atomic E-state index is -1.69. The molecule has 5 rings (SSSR count). The van der Waals surface area contributed by atoms with Gasteiger partial charge in [0.2, 0.25) is 0 Å². The third-order valence-electron chi connectivity index (χ3n) is 7.31. The second-order valence-corrected chi connectivity index (χ2v) is 9.10. The molecule has 4 unspecified atom stereocenters. The Labute approximate surface area is 171 Å². The van der Waals surface area contributed by atoms with Gasteiger partial charge in [0, 0.05) is 25.0 Å². The lowest BCUT2D eigenvalue weighted by Gasteiger charge is -2.34. The second kappa shape index (κ2) is 6.66. The monoisotopic (exact) mass is 422 g/mol. The molecule has 1 spiro atoms. The molecule has 5 N–H and O–H groups in total. The molecule has 3 fully saturated rings. The number of aliphatic hydroxyl groups excluding tert-OH is 2. The number of hydrogen-bond donors (Lipinski definition) is 4. The van der Waals surface area contributed by atoms with E-state index in [2.05, 4.69) is 4.98 Å². The Balaban J connectivity index is 1.70. The van der Waals surface area contributed by atoms with Gasteiger partial charge in [-0.1, -0.05) is 0 Å². The van der Waals surface area contributed by atoms with E-state index in [0.717, 1.165) is 25.7 Å². The molecule has 2 heterocycles. The largest absolute Gasteiger partial charge is 0.497 e. The van der Waals surface area contributed by atoms with Crippen LogP contribution in [0, 0.1) is 11.3 Å². The molecule has 30 heavy (non-hydrogen) atoms. The van der Waals surface area contributed by atoms with Gasteiger partial charge in [0.25, 0.3) is 5.56 Å². The van der Waals surface area contributed by atoms with Crippen LogP contribution in [0.5, 0.6) is 0 Å². The first-order valence-corrected chi connectivity index (χ1v) is 10.4. The van der Waals surface area contributed by atoms with E-state index in [1.165, 1.54) is 11.7 Å². The normalized spacial score (nSPS) is 31.1. The molecule has 4 atom stereocenters. The summed E-state index contributed by atoms with van der Waals surface area (Å²) in [5.74, 6) is 0.0389. The Morgan fingerprint density at radius 3 is 2.63 bits per heavy atom. The van der Waals surface area contributed by atoms with Crippen molar-refractivity contribution in [1.29, 1.82) is 0 Å². The second-order valence-electron chi connectivity index (χ2n) is 9.10. The van der Waals surface area contributed by atoms with Gasteiger partial charge in [-0.15, -0.1) is 0 Å². The van der Waals surface area contributed by atoms with Crippen molar-refractivity contribution >= 4 is 11.5 Å². The van der Waals surface area contributed by atoms with E-state index in [4.69, 9.17) is 10.5 Å². The van der Waals surface area contributed by atoms with Crippen molar-refractivity contribution in [3.63, 3.8) is 0 Å². The quantitative estimate of drug-likeness (QED) is 0.411. The van der Waals surface area contributed by atoms with Crippen LogP contribution >= 0.6 is 0 Å². The molecule has 1 aromatic heterocycles. The number of ether oxygens (including phenoxy) is 1. The summed E-state index contributed by atoms with van der Waals surface area (Å²) in [6.07, 6.45) is 0.803. The highest BCUT2D eigenvalue weighted by Gasteiger charge is 2.59. The number of rotatable bonds is 5. The van der Waals surface area contributed by atoms with Gasteiger partial charge in [-0.05, 0) is 31.1 Å². The Morgan fingerprint density at radius 2 is 2.07 bits per heavy atom. The summed E-state index contributed by atoms with van der Waals surface area (Å²) in [5.41, 5.74) is 4.51. The molecule has 10 heteroatoms. The van der Waals surface area contributed by atoms with Crippen molar-refractivity contribution in [1.82, 2.24) is 14.5 Å². The van der Waals surface area contributed by atoms with Gasteiger partial charge in [-0.2, -0.15) is 0 Å². The van der Waals surface area contributed by atoms with Gasteiger partial charge in [-0.25, -0.2) is 9.18 Å². The average Bonchev–Trinajstić information content (AvgIpc) is 3.62. The van der Waals surface area contributed by atoms with Crippen molar-refractivity contribution in [3.8, 4) is 0 Å². The highest BCUT2D eigenvalue weighted by Crippen LogP contribution is 2.58. The summed E-state index contributed by atoms with van der Waals surface area (Å²) in [4.78, 5) is 29.3. The first-order chi connectivity index (χ1) is 14.3. The summed E-state index contributed by atoms with van der Waals surface area (Å²) in [7, 11) is 1.41. The maximum Gasteiger partial charge on any atom is 0.329 e. The number of H-pyrrole nitrogens is 1. The van der Waals surface area contributed by atoms with Crippen LogP contribution in [0.4, 0.5) is 4.39 Å². The zero-order chi connectivity index (χ0) is 21.4. The lowest BCUT2D eigenvalue weighted by Crippen LogP contribution is -2.63. The summed E-state index contributed by atoms with van der Waals surface area (Å²) >= 11 is 0. The highest BCUT2D eigenvalue weighted by molar-refractivity contribution is 5.60. The number of alkyl halides is 1. The van der Waals surface area contributed by atoms with Crippen LogP contribution in [0.25, 0.3) is 11.5 Å². The molecule has 1 saturated heterocycles. The fourth-order valence-electron chi connectivity index (χ4n) is 5.48. The number of methoxy groups -OCH3 is 1. The number of halogens is 1. The Hall–Kier alpha value is -2.17. The van der Waals surface area contributed by atoms with E-state index in [1.54, 1.807) is 0 Å². The topological polar surface area (TPSA) is 134 Å². The zero-order valence-electron chi connectivity index (χ0n) is 16.8. The third kappa shape index (κ3) is 2.70. The molecule has 2 saturated carbocycles. The Kier molecular flexibility index (Phi) is 4.39. The van der Waals surface area contributed by atoms with E-state index < -0.39 is 29.6 Å². The van der Waals surface area contributed by atoms with Crippen molar-refractivity contribution < 1.29 is 19.3 Å². The number of nitrogens with zero attached hydrogens (tertiary/aromatic N) is 2. The smallest absolute Gasteiger partial charge is 0.329 e. The van der Waals surface area contributed by atoms with Crippen LogP contribution < -0.4 is 27.6 Å². The van der Waals surface area contributed by atoms with Crippen LogP contribution in [0.3, 0.4) is 0 Å². The number of likely N-dealkylation sites (tertiary alicyclic amines) is 1. The van der Waals surface area contributed by atoms with Gasteiger partial charge in [0.15, 0.2) is 6.17 Å². The van der Waals surface area contributed by atoms with Gasteiger partial charge < -0.3 is 20.7 Å². The molecule has 3 aliphatic carbocycles. The number of nitrogens with two attached hydrogens (primary N) is 1. The van der Waals surface area contributed by atoms with Crippen molar-refractivity contribution in [2.45, 2.75) is 50.0 Å². The first-order valence-electron chi connectivity index (χ1n) is 10.4. The number of hydrogen-bond acceptors (Lipinski definition) is 7. The summed E-state index contributed by atoms with van der Waals surface area (Å²) in [5, 5.41) is 20.0. The minimum absolute atomic E-state index is 0.0330. The summed E-state index contributed by atoms with van der Waals surface area (Å²) < 4.78 is 22.8. The number of fused-ring (bicyclic) bond motifs is 1. The highest BCUT2D eigenvalue weighted by atomic mass is 19.1. The molecule has 4 aliphatic rings. The maximum atomic E-state index is 15.7. The molecule has 0 amide bonds. The van der Waals surface area contributed by atoms with Crippen molar-refractivity contribution in [2.75, 3.05) is 26.8 Å². The SMILES string of the molecule is COC1=c2c(c(=O)[nH]c(=O)n2C2CC2)=C(N)C(F)C1N1CC(C(O)CO)C2(CC2)C1. The van der Waals surface area contributed by atoms with E-state index in [-0.39, 0.29) is 46.0 Å².